The molecule has 3 aliphatic rings. The molecule has 2 saturated heterocycles. The highest BCUT2D eigenvalue weighted by molar-refractivity contribution is 6.01. The van der Waals surface area contributed by atoms with E-state index in [0.717, 1.165) is 31.5 Å². The first-order valence-corrected chi connectivity index (χ1v) is 8.35. The lowest BCUT2D eigenvalue weighted by atomic mass is 9.75. The number of hydrogen-bond acceptors (Lipinski definition) is 5. The van der Waals surface area contributed by atoms with E-state index >= 15 is 0 Å². The van der Waals surface area contributed by atoms with Crippen molar-refractivity contribution in [3.8, 4) is 5.75 Å². The second kappa shape index (κ2) is 5.73. The summed E-state index contributed by atoms with van der Waals surface area (Å²) < 4.78 is 20.4. The molecule has 0 aliphatic carbocycles. The van der Waals surface area contributed by atoms with Crippen molar-refractivity contribution >= 4 is 17.5 Å². The van der Waals surface area contributed by atoms with Crippen LogP contribution < -0.4 is 20.7 Å². The lowest BCUT2D eigenvalue weighted by Gasteiger charge is -2.32. The Balaban J connectivity index is 1.58. The SMILES string of the molecule is O=C1CCC(Nc2cc3c(cc2F)C2(CCNCC2)CO3)C(=O)N1. The van der Waals surface area contributed by atoms with Crippen LogP contribution in [0.5, 0.6) is 5.75 Å². The second-order valence-electron chi connectivity index (χ2n) is 6.80. The number of amides is 2. The molecule has 3 heterocycles. The van der Waals surface area contributed by atoms with Gasteiger partial charge in [0.2, 0.25) is 11.8 Å². The highest BCUT2D eigenvalue weighted by Gasteiger charge is 2.42. The number of rotatable bonds is 2. The third kappa shape index (κ3) is 2.53. The van der Waals surface area contributed by atoms with E-state index in [4.69, 9.17) is 4.74 Å². The lowest BCUT2D eigenvalue weighted by molar-refractivity contribution is -0.133. The molecule has 3 aliphatic heterocycles. The molecule has 2 amide bonds. The normalized spacial score (nSPS) is 25.1. The number of hydrogen-bond donors (Lipinski definition) is 3. The van der Waals surface area contributed by atoms with Crippen LogP contribution in [-0.2, 0) is 15.0 Å². The van der Waals surface area contributed by atoms with Gasteiger partial charge in [-0.3, -0.25) is 14.9 Å². The van der Waals surface area contributed by atoms with Crippen LogP contribution in [0.15, 0.2) is 12.1 Å². The Morgan fingerprint density at radius 2 is 2.04 bits per heavy atom. The smallest absolute Gasteiger partial charge is 0.249 e. The molecule has 1 spiro atoms. The first-order chi connectivity index (χ1) is 11.6. The van der Waals surface area contributed by atoms with Gasteiger partial charge >= 0.3 is 0 Å². The van der Waals surface area contributed by atoms with Crippen molar-refractivity contribution in [1.29, 1.82) is 0 Å². The third-order valence-corrected chi connectivity index (χ3v) is 5.27. The maximum Gasteiger partial charge on any atom is 0.249 e. The molecule has 6 nitrogen and oxygen atoms in total. The predicted molar refractivity (Wildman–Crippen MR) is 85.5 cm³/mol. The molecule has 2 fully saturated rings. The standard InChI is InChI=1S/C17H20FN3O3/c18-11-7-10-14(24-9-17(10)3-5-19-6-4-17)8-13(11)20-12-1-2-15(22)21-16(12)23/h7-8,12,19-20H,1-6,9H2,(H,21,22,23). The minimum atomic E-state index is -0.607. The van der Waals surface area contributed by atoms with Crippen LogP contribution in [0, 0.1) is 5.82 Å². The van der Waals surface area contributed by atoms with E-state index in [0.29, 0.717) is 18.8 Å². The van der Waals surface area contributed by atoms with Gasteiger partial charge in [-0.25, -0.2) is 4.39 Å². The average molecular weight is 333 g/mol. The molecule has 3 N–H and O–H groups in total. The molecule has 1 atom stereocenters. The summed E-state index contributed by atoms with van der Waals surface area (Å²) in [4.78, 5) is 23.0. The van der Waals surface area contributed by atoms with Crippen LogP contribution in [0.2, 0.25) is 0 Å². The van der Waals surface area contributed by atoms with Crippen LogP contribution in [0.3, 0.4) is 0 Å². The molecule has 0 radical (unpaired) electrons. The number of fused-ring (bicyclic) bond motifs is 2. The van der Waals surface area contributed by atoms with E-state index in [1.165, 1.54) is 0 Å². The number of nitrogens with one attached hydrogen (secondary N) is 3. The number of anilines is 1. The van der Waals surface area contributed by atoms with Crippen molar-refractivity contribution in [2.75, 3.05) is 25.0 Å². The van der Waals surface area contributed by atoms with Crippen molar-refractivity contribution in [3.63, 3.8) is 0 Å². The first-order valence-electron chi connectivity index (χ1n) is 8.35. The molecular weight excluding hydrogens is 313 g/mol. The van der Waals surface area contributed by atoms with Gasteiger partial charge in [-0.1, -0.05) is 0 Å². The molecule has 0 saturated carbocycles. The fraction of sp³-hybridized carbons (Fsp3) is 0.529. The minimum absolute atomic E-state index is 0.103. The van der Waals surface area contributed by atoms with Crippen molar-refractivity contribution in [2.45, 2.75) is 37.1 Å². The summed E-state index contributed by atoms with van der Waals surface area (Å²) in [6.07, 6.45) is 2.47. The third-order valence-electron chi connectivity index (χ3n) is 5.27. The highest BCUT2D eigenvalue weighted by Crippen LogP contribution is 2.46. The van der Waals surface area contributed by atoms with Crippen LogP contribution >= 0.6 is 0 Å². The molecule has 128 valence electrons. The lowest BCUT2D eigenvalue weighted by Crippen LogP contribution is -2.47. The Morgan fingerprint density at radius 1 is 1.25 bits per heavy atom. The summed E-state index contributed by atoms with van der Waals surface area (Å²) in [5.74, 6) is -0.402. The fourth-order valence-electron chi connectivity index (χ4n) is 3.83. The van der Waals surface area contributed by atoms with Crippen molar-refractivity contribution in [2.24, 2.45) is 0 Å². The zero-order valence-corrected chi connectivity index (χ0v) is 13.3. The average Bonchev–Trinajstić information content (AvgIpc) is 2.89. The Kier molecular flexibility index (Phi) is 3.68. The Hall–Kier alpha value is -2.15. The van der Waals surface area contributed by atoms with Crippen molar-refractivity contribution in [1.82, 2.24) is 10.6 Å². The second-order valence-corrected chi connectivity index (χ2v) is 6.80. The minimum Gasteiger partial charge on any atom is -0.492 e. The summed E-state index contributed by atoms with van der Waals surface area (Å²) in [6, 6.07) is 2.58. The summed E-state index contributed by atoms with van der Waals surface area (Å²) in [6.45, 7) is 2.38. The summed E-state index contributed by atoms with van der Waals surface area (Å²) in [5, 5.41) is 8.50. The number of imide groups is 1. The van der Waals surface area contributed by atoms with E-state index in [1.54, 1.807) is 12.1 Å². The Morgan fingerprint density at radius 3 is 2.79 bits per heavy atom. The van der Waals surface area contributed by atoms with E-state index in [2.05, 4.69) is 16.0 Å². The maximum absolute atomic E-state index is 14.6. The van der Waals surface area contributed by atoms with Gasteiger partial charge in [0, 0.05) is 23.5 Å². The van der Waals surface area contributed by atoms with Gasteiger partial charge in [0.25, 0.3) is 0 Å². The number of piperidine rings is 2. The molecule has 4 rings (SSSR count). The summed E-state index contributed by atoms with van der Waals surface area (Å²) >= 11 is 0. The van der Waals surface area contributed by atoms with Crippen molar-refractivity contribution < 1.29 is 18.7 Å². The van der Waals surface area contributed by atoms with Crippen LogP contribution in [0.25, 0.3) is 0 Å². The quantitative estimate of drug-likeness (QED) is 0.705. The van der Waals surface area contributed by atoms with E-state index in [9.17, 15) is 14.0 Å². The Labute approximate surface area is 139 Å². The number of carbonyl (C=O) groups is 2. The number of halogens is 1. The zero-order chi connectivity index (χ0) is 16.7. The van der Waals surface area contributed by atoms with E-state index in [1.807, 2.05) is 0 Å². The van der Waals surface area contributed by atoms with Gasteiger partial charge in [0.1, 0.15) is 17.6 Å². The van der Waals surface area contributed by atoms with Gasteiger partial charge < -0.3 is 15.4 Å². The van der Waals surface area contributed by atoms with E-state index in [-0.39, 0.29) is 29.2 Å². The van der Waals surface area contributed by atoms with Gasteiger partial charge in [-0.05, 0) is 38.4 Å². The first kappa shape index (κ1) is 15.4. The topological polar surface area (TPSA) is 79.5 Å². The molecule has 0 aromatic heterocycles. The number of benzene rings is 1. The monoisotopic (exact) mass is 333 g/mol. The molecular formula is C17H20FN3O3. The number of carbonyl (C=O) groups excluding carboxylic acids is 2. The fourth-order valence-corrected chi connectivity index (χ4v) is 3.83. The predicted octanol–water partition coefficient (Wildman–Crippen LogP) is 1.06. The van der Waals surface area contributed by atoms with E-state index < -0.39 is 11.9 Å². The van der Waals surface area contributed by atoms with Gasteiger partial charge in [0.05, 0.1) is 12.3 Å². The van der Waals surface area contributed by atoms with Crippen LogP contribution in [0.4, 0.5) is 10.1 Å². The molecule has 24 heavy (non-hydrogen) atoms. The van der Waals surface area contributed by atoms with Gasteiger partial charge in [-0.2, -0.15) is 0 Å². The van der Waals surface area contributed by atoms with Crippen LogP contribution in [-0.4, -0.2) is 37.6 Å². The molecule has 1 aromatic rings. The highest BCUT2D eigenvalue weighted by atomic mass is 19.1. The maximum atomic E-state index is 14.6. The molecule has 1 unspecified atom stereocenters. The molecule has 0 bridgehead atoms. The largest absolute Gasteiger partial charge is 0.492 e. The molecule has 7 heteroatoms. The van der Waals surface area contributed by atoms with Gasteiger partial charge in [0.15, 0.2) is 0 Å². The summed E-state index contributed by atoms with van der Waals surface area (Å²) in [5.41, 5.74) is 1.07. The zero-order valence-electron chi connectivity index (χ0n) is 13.3. The van der Waals surface area contributed by atoms with Gasteiger partial charge in [-0.15, -0.1) is 0 Å². The van der Waals surface area contributed by atoms with Crippen molar-refractivity contribution in [3.05, 3.63) is 23.5 Å². The van der Waals surface area contributed by atoms with Crippen LogP contribution in [0.1, 0.15) is 31.2 Å². The molecule has 1 aromatic carbocycles. The summed E-state index contributed by atoms with van der Waals surface area (Å²) in [7, 11) is 0. The number of ether oxygens (including phenoxy) is 1. The Bertz CT molecular complexity index is 701.